The van der Waals surface area contributed by atoms with Gasteiger partial charge in [0.05, 0.1) is 0 Å². The van der Waals surface area contributed by atoms with Gasteiger partial charge in [0.25, 0.3) is 0 Å². The number of hydrogen-bond acceptors (Lipinski definition) is 3. The number of aliphatic carboxylic acids is 1. The zero-order valence-electron chi connectivity index (χ0n) is 27.7. The van der Waals surface area contributed by atoms with E-state index in [0.717, 1.165) is 103 Å². The standard InChI is InChI=1S/C39H64O4/c1-3-5-7-9-11-13-14-15-16-17-18-20-22-28-32-36-39(42)43-37(33-29-25-21-19-12-10-8-6-4-2)34-30-26-23-24-27-31-35-38(40)41/h5,7,11,13,15-16,18-21,29,33,37H,3-4,6,8-10,12,14,17,22-28,30-32,34-36H2,1-2H3,(H,40,41)/b7-5-,13-11-,16-15-,20-18-,21-19-,33-29-. The molecule has 0 saturated carbocycles. The van der Waals surface area contributed by atoms with Crippen LogP contribution in [0.1, 0.15) is 155 Å². The van der Waals surface area contributed by atoms with E-state index < -0.39 is 5.97 Å². The number of carboxylic acid groups (broad SMARTS) is 1. The predicted molar refractivity (Wildman–Crippen MR) is 185 cm³/mol. The lowest BCUT2D eigenvalue weighted by Crippen LogP contribution is -2.16. The van der Waals surface area contributed by atoms with E-state index in [0.29, 0.717) is 6.42 Å². The van der Waals surface area contributed by atoms with Gasteiger partial charge < -0.3 is 9.84 Å². The van der Waals surface area contributed by atoms with Crippen molar-refractivity contribution < 1.29 is 19.4 Å². The molecule has 1 atom stereocenters. The fraction of sp³-hybridized carbons (Fsp3) is 0.641. The van der Waals surface area contributed by atoms with Crippen LogP contribution in [0.3, 0.4) is 0 Å². The minimum Gasteiger partial charge on any atom is -0.481 e. The monoisotopic (exact) mass is 596 g/mol. The average Bonchev–Trinajstić information content (AvgIpc) is 2.99. The second-order valence-electron chi connectivity index (χ2n) is 11.3. The summed E-state index contributed by atoms with van der Waals surface area (Å²) in [6.07, 6.45) is 47.8. The predicted octanol–water partition coefficient (Wildman–Crippen LogP) is 11.9. The van der Waals surface area contributed by atoms with Crippen molar-refractivity contribution in [3.05, 3.63) is 72.9 Å². The minimum absolute atomic E-state index is 0.0973. The molecule has 1 unspecified atom stereocenters. The van der Waals surface area contributed by atoms with Crippen LogP contribution in [0.2, 0.25) is 0 Å². The molecule has 43 heavy (non-hydrogen) atoms. The highest BCUT2D eigenvalue weighted by molar-refractivity contribution is 5.69. The number of hydrogen-bond donors (Lipinski definition) is 1. The van der Waals surface area contributed by atoms with Crippen LogP contribution in [0, 0.1) is 0 Å². The molecule has 0 bridgehead atoms. The van der Waals surface area contributed by atoms with Crippen LogP contribution >= 0.6 is 0 Å². The Kier molecular flexibility index (Phi) is 31.8. The molecular formula is C39H64O4. The van der Waals surface area contributed by atoms with Crippen LogP contribution in [0.25, 0.3) is 0 Å². The van der Waals surface area contributed by atoms with Crippen molar-refractivity contribution >= 4 is 11.9 Å². The van der Waals surface area contributed by atoms with E-state index in [1.54, 1.807) is 0 Å². The Balaban J connectivity index is 4.28. The summed E-state index contributed by atoms with van der Waals surface area (Å²) in [5.41, 5.74) is 0. The molecule has 4 nitrogen and oxygen atoms in total. The SMILES string of the molecule is CC/C=C\C/C=C\C/C=C\C/C=C\CCCCC(=O)OC(/C=C\C/C=C\CCCCCC)CCCCCCCCC(=O)O. The topological polar surface area (TPSA) is 63.6 Å². The smallest absolute Gasteiger partial charge is 0.306 e. The lowest BCUT2D eigenvalue weighted by atomic mass is 10.1. The third kappa shape index (κ3) is 33.7. The summed E-state index contributed by atoms with van der Waals surface area (Å²) >= 11 is 0. The third-order valence-corrected chi connectivity index (χ3v) is 7.15. The first-order valence-corrected chi connectivity index (χ1v) is 17.4. The molecule has 0 radical (unpaired) electrons. The van der Waals surface area contributed by atoms with E-state index >= 15 is 0 Å². The molecule has 0 aliphatic heterocycles. The van der Waals surface area contributed by atoms with Gasteiger partial charge in [-0.1, -0.05) is 126 Å². The fourth-order valence-electron chi connectivity index (χ4n) is 4.59. The van der Waals surface area contributed by atoms with Crippen molar-refractivity contribution in [2.24, 2.45) is 0 Å². The largest absolute Gasteiger partial charge is 0.481 e. The summed E-state index contributed by atoms with van der Waals surface area (Å²) in [6, 6.07) is 0. The van der Waals surface area contributed by atoms with Gasteiger partial charge in [0.15, 0.2) is 0 Å². The summed E-state index contributed by atoms with van der Waals surface area (Å²) in [6.45, 7) is 4.39. The maximum Gasteiger partial charge on any atom is 0.306 e. The van der Waals surface area contributed by atoms with Crippen LogP contribution in [0.4, 0.5) is 0 Å². The van der Waals surface area contributed by atoms with Crippen LogP contribution in [0.15, 0.2) is 72.9 Å². The van der Waals surface area contributed by atoms with Gasteiger partial charge in [-0.25, -0.2) is 0 Å². The van der Waals surface area contributed by atoms with Gasteiger partial charge in [0, 0.05) is 12.8 Å². The quantitative estimate of drug-likeness (QED) is 0.0509. The number of carbonyl (C=O) groups is 2. The molecule has 0 fully saturated rings. The van der Waals surface area contributed by atoms with Gasteiger partial charge in [-0.2, -0.15) is 0 Å². The molecule has 0 saturated heterocycles. The number of allylic oxidation sites excluding steroid dienone is 11. The number of esters is 1. The summed E-state index contributed by atoms with van der Waals surface area (Å²) in [5.74, 6) is -0.808. The van der Waals surface area contributed by atoms with Gasteiger partial charge in [0.2, 0.25) is 0 Å². The molecule has 0 aromatic heterocycles. The van der Waals surface area contributed by atoms with Gasteiger partial charge in [-0.15, -0.1) is 0 Å². The summed E-state index contributed by atoms with van der Waals surface area (Å²) in [4.78, 5) is 23.2. The Morgan fingerprint density at radius 3 is 1.65 bits per heavy atom. The number of ether oxygens (including phenoxy) is 1. The van der Waals surface area contributed by atoms with Gasteiger partial charge in [0.1, 0.15) is 6.10 Å². The van der Waals surface area contributed by atoms with E-state index in [1.807, 2.05) is 0 Å². The molecule has 0 amide bonds. The van der Waals surface area contributed by atoms with Crippen LogP contribution in [-0.4, -0.2) is 23.1 Å². The Bertz CT molecular complexity index is 815. The average molecular weight is 597 g/mol. The highest BCUT2D eigenvalue weighted by Crippen LogP contribution is 2.14. The first-order chi connectivity index (χ1) is 21.1. The van der Waals surface area contributed by atoms with E-state index in [9.17, 15) is 9.59 Å². The number of carbonyl (C=O) groups excluding carboxylic acids is 1. The Labute approximate surface area is 265 Å². The number of carboxylic acids is 1. The highest BCUT2D eigenvalue weighted by atomic mass is 16.5. The Morgan fingerprint density at radius 1 is 0.558 bits per heavy atom. The first kappa shape index (κ1) is 40.4. The van der Waals surface area contributed by atoms with Gasteiger partial charge in [-0.3, -0.25) is 9.59 Å². The highest BCUT2D eigenvalue weighted by Gasteiger charge is 2.11. The van der Waals surface area contributed by atoms with Gasteiger partial charge in [-0.05, 0) is 89.5 Å². The zero-order chi connectivity index (χ0) is 31.5. The molecule has 244 valence electrons. The summed E-state index contributed by atoms with van der Waals surface area (Å²) in [5, 5.41) is 8.75. The zero-order valence-corrected chi connectivity index (χ0v) is 27.7. The Hall–Kier alpha value is -2.62. The van der Waals surface area contributed by atoms with Crippen LogP contribution in [0.5, 0.6) is 0 Å². The lowest BCUT2D eigenvalue weighted by Gasteiger charge is -2.14. The van der Waals surface area contributed by atoms with Crippen molar-refractivity contribution in [3.8, 4) is 0 Å². The molecule has 1 N–H and O–H groups in total. The van der Waals surface area contributed by atoms with Crippen molar-refractivity contribution in [2.45, 2.75) is 161 Å². The molecule has 0 aromatic rings. The van der Waals surface area contributed by atoms with Crippen molar-refractivity contribution in [1.82, 2.24) is 0 Å². The van der Waals surface area contributed by atoms with Crippen molar-refractivity contribution in [1.29, 1.82) is 0 Å². The van der Waals surface area contributed by atoms with Crippen LogP contribution in [-0.2, 0) is 14.3 Å². The minimum atomic E-state index is -0.711. The van der Waals surface area contributed by atoms with Crippen molar-refractivity contribution in [2.75, 3.05) is 0 Å². The summed E-state index contributed by atoms with van der Waals surface area (Å²) < 4.78 is 5.86. The van der Waals surface area contributed by atoms with E-state index in [-0.39, 0.29) is 18.5 Å². The molecule has 0 spiro atoms. The first-order valence-electron chi connectivity index (χ1n) is 17.4. The second-order valence-corrected chi connectivity index (χ2v) is 11.3. The molecular weight excluding hydrogens is 532 g/mol. The normalized spacial score (nSPS) is 13.2. The second kappa shape index (κ2) is 33.9. The van der Waals surface area contributed by atoms with E-state index in [1.165, 1.54) is 25.7 Å². The van der Waals surface area contributed by atoms with E-state index in [2.05, 4.69) is 86.8 Å². The fourth-order valence-corrected chi connectivity index (χ4v) is 4.59. The van der Waals surface area contributed by atoms with Crippen LogP contribution < -0.4 is 0 Å². The Morgan fingerprint density at radius 2 is 1.05 bits per heavy atom. The maximum absolute atomic E-state index is 12.6. The lowest BCUT2D eigenvalue weighted by molar-refractivity contribution is -0.147. The number of rotatable bonds is 30. The molecule has 4 heteroatoms. The van der Waals surface area contributed by atoms with Gasteiger partial charge >= 0.3 is 11.9 Å². The van der Waals surface area contributed by atoms with E-state index in [4.69, 9.17) is 9.84 Å². The molecule has 0 rings (SSSR count). The molecule has 0 aliphatic rings. The van der Waals surface area contributed by atoms with Crippen molar-refractivity contribution in [3.63, 3.8) is 0 Å². The maximum atomic E-state index is 12.6. The third-order valence-electron chi connectivity index (χ3n) is 7.15. The molecule has 0 aliphatic carbocycles. The molecule has 0 heterocycles. The number of unbranched alkanes of at least 4 members (excludes halogenated alkanes) is 11. The molecule has 0 aromatic carbocycles. The summed E-state index contributed by atoms with van der Waals surface area (Å²) in [7, 11) is 0.